The van der Waals surface area contributed by atoms with Gasteiger partial charge < -0.3 is 5.11 Å². The molecular weight excluding hydrogens is 228 g/mol. The highest BCUT2D eigenvalue weighted by atomic mass is 32.1. The summed E-state index contributed by atoms with van der Waals surface area (Å²) in [6.07, 6.45) is 3.06. The minimum absolute atomic E-state index is 0.0356. The van der Waals surface area contributed by atoms with E-state index in [4.69, 9.17) is 0 Å². The van der Waals surface area contributed by atoms with Gasteiger partial charge in [0.2, 0.25) is 0 Å². The maximum Gasteiger partial charge on any atom is 0.0978 e. The molecule has 2 heteroatoms. The molecule has 1 saturated carbocycles. The van der Waals surface area contributed by atoms with Crippen molar-refractivity contribution in [3.63, 3.8) is 0 Å². The molecule has 1 unspecified atom stereocenters. The summed E-state index contributed by atoms with van der Waals surface area (Å²) in [7, 11) is 0. The van der Waals surface area contributed by atoms with Crippen LogP contribution in [0.2, 0.25) is 0 Å². The minimum atomic E-state index is -0.348. The van der Waals surface area contributed by atoms with Gasteiger partial charge in [-0.2, -0.15) is 0 Å². The molecule has 0 saturated heterocycles. The largest absolute Gasteiger partial charge is 0.387 e. The van der Waals surface area contributed by atoms with Gasteiger partial charge >= 0.3 is 0 Å². The molecule has 17 heavy (non-hydrogen) atoms. The third-order valence-corrected chi connectivity index (χ3v) is 4.86. The van der Waals surface area contributed by atoms with Crippen LogP contribution in [0.5, 0.6) is 0 Å². The molecule has 2 aromatic rings. The Morgan fingerprint density at radius 3 is 2.35 bits per heavy atom. The number of benzene rings is 1. The normalized spacial score (nSPS) is 19.6. The van der Waals surface area contributed by atoms with Crippen LogP contribution in [0.1, 0.15) is 35.8 Å². The molecule has 0 radical (unpaired) electrons. The van der Waals surface area contributed by atoms with Gasteiger partial charge in [-0.1, -0.05) is 42.8 Å². The van der Waals surface area contributed by atoms with Crippen LogP contribution in [0.4, 0.5) is 0 Å². The molecule has 1 aromatic heterocycles. The standard InChI is InChI=1S/C15H16OS/c16-14(13-8-4-11-17-13)15(9-5-10-15)12-6-2-1-3-7-12/h1-4,6-8,11,14,16H,5,9-10H2. The summed E-state index contributed by atoms with van der Waals surface area (Å²) in [5.41, 5.74) is 1.25. The number of rotatable bonds is 3. The van der Waals surface area contributed by atoms with E-state index in [0.717, 1.165) is 17.7 Å². The molecule has 1 heterocycles. The van der Waals surface area contributed by atoms with Gasteiger partial charge in [0.05, 0.1) is 6.10 Å². The summed E-state index contributed by atoms with van der Waals surface area (Å²) in [4.78, 5) is 1.09. The van der Waals surface area contributed by atoms with Crippen LogP contribution in [0.15, 0.2) is 47.8 Å². The zero-order chi connectivity index (χ0) is 11.7. The van der Waals surface area contributed by atoms with Crippen molar-refractivity contribution in [3.05, 3.63) is 58.3 Å². The third kappa shape index (κ3) is 1.72. The summed E-state index contributed by atoms with van der Waals surface area (Å²) >= 11 is 1.65. The van der Waals surface area contributed by atoms with Crippen molar-refractivity contribution in [1.82, 2.24) is 0 Å². The molecule has 1 aromatic carbocycles. The van der Waals surface area contributed by atoms with Crippen LogP contribution in [-0.4, -0.2) is 5.11 Å². The second kappa shape index (κ2) is 4.28. The number of aliphatic hydroxyl groups is 1. The van der Waals surface area contributed by atoms with Crippen LogP contribution < -0.4 is 0 Å². The monoisotopic (exact) mass is 244 g/mol. The van der Waals surface area contributed by atoms with E-state index in [-0.39, 0.29) is 11.5 Å². The summed E-state index contributed by atoms with van der Waals surface area (Å²) < 4.78 is 0. The molecule has 0 aliphatic heterocycles. The van der Waals surface area contributed by atoms with Crippen LogP contribution >= 0.6 is 11.3 Å². The fourth-order valence-electron chi connectivity index (χ4n) is 2.77. The molecular formula is C15H16OS. The van der Waals surface area contributed by atoms with E-state index in [1.165, 1.54) is 12.0 Å². The van der Waals surface area contributed by atoms with E-state index >= 15 is 0 Å². The molecule has 3 rings (SSSR count). The minimum Gasteiger partial charge on any atom is -0.387 e. The quantitative estimate of drug-likeness (QED) is 0.868. The molecule has 0 amide bonds. The Labute approximate surface area is 106 Å². The molecule has 0 spiro atoms. The first-order chi connectivity index (χ1) is 8.33. The molecule has 0 bridgehead atoms. The van der Waals surface area contributed by atoms with E-state index in [2.05, 4.69) is 24.3 Å². The number of thiophene rings is 1. The average molecular weight is 244 g/mol. The number of hydrogen-bond acceptors (Lipinski definition) is 2. The summed E-state index contributed by atoms with van der Waals surface area (Å²) in [6.45, 7) is 0. The highest BCUT2D eigenvalue weighted by molar-refractivity contribution is 7.10. The maximum atomic E-state index is 10.6. The molecule has 1 atom stereocenters. The first-order valence-electron chi connectivity index (χ1n) is 6.10. The van der Waals surface area contributed by atoms with Gasteiger partial charge in [-0.05, 0) is 29.9 Å². The second-order valence-electron chi connectivity index (χ2n) is 4.79. The van der Waals surface area contributed by atoms with Gasteiger partial charge in [0.15, 0.2) is 0 Å². The summed E-state index contributed by atoms with van der Waals surface area (Å²) in [5.74, 6) is 0. The van der Waals surface area contributed by atoms with Gasteiger partial charge in [-0.15, -0.1) is 11.3 Å². The van der Waals surface area contributed by atoms with Crippen LogP contribution in [-0.2, 0) is 5.41 Å². The summed E-state index contributed by atoms with van der Waals surface area (Å²) in [5, 5.41) is 12.7. The predicted octanol–water partition coefficient (Wildman–Crippen LogP) is 3.90. The van der Waals surface area contributed by atoms with Crippen molar-refractivity contribution in [1.29, 1.82) is 0 Å². The highest BCUT2D eigenvalue weighted by Gasteiger charge is 2.45. The number of hydrogen-bond donors (Lipinski definition) is 1. The topological polar surface area (TPSA) is 20.2 Å². The van der Waals surface area contributed by atoms with Crippen LogP contribution in [0.3, 0.4) is 0 Å². The van der Waals surface area contributed by atoms with E-state index in [9.17, 15) is 5.11 Å². The summed E-state index contributed by atoms with van der Waals surface area (Å²) in [6, 6.07) is 14.5. The lowest BCUT2D eigenvalue weighted by Crippen LogP contribution is -2.40. The molecule has 1 aliphatic carbocycles. The van der Waals surface area contributed by atoms with Crippen molar-refractivity contribution >= 4 is 11.3 Å². The second-order valence-corrected chi connectivity index (χ2v) is 5.77. The smallest absolute Gasteiger partial charge is 0.0978 e. The Morgan fingerprint density at radius 2 is 1.82 bits per heavy atom. The lowest BCUT2D eigenvalue weighted by atomic mass is 9.61. The van der Waals surface area contributed by atoms with E-state index in [1.54, 1.807) is 11.3 Å². The Hall–Kier alpha value is -1.12. The van der Waals surface area contributed by atoms with E-state index < -0.39 is 0 Å². The Morgan fingerprint density at radius 1 is 1.06 bits per heavy atom. The molecule has 1 fully saturated rings. The fourth-order valence-corrected chi connectivity index (χ4v) is 3.59. The zero-order valence-corrected chi connectivity index (χ0v) is 10.5. The first-order valence-corrected chi connectivity index (χ1v) is 6.98. The highest BCUT2D eigenvalue weighted by Crippen LogP contribution is 2.52. The Balaban J connectivity index is 1.98. The van der Waals surface area contributed by atoms with Crippen molar-refractivity contribution < 1.29 is 5.11 Å². The molecule has 1 aliphatic rings. The van der Waals surface area contributed by atoms with Crippen molar-refractivity contribution in [2.24, 2.45) is 0 Å². The molecule has 88 valence electrons. The first kappa shape index (κ1) is 11.0. The maximum absolute atomic E-state index is 10.6. The van der Waals surface area contributed by atoms with Crippen molar-refractivity contribution in [3.8, 4) is 0 Å². The van der Waals surface area contributed by atoms with E-state index in [1.807, 2.05) is 23.6 Å². The SMILES string of the molecule is OC(c1cccs1)C1(c2ccccc2)CCC1. The lowest BCUT2D eigenvalue weighted by Gasteiger charge is -2.45. The van der Waals surface area contributed by atoms with Gasteiger partial charge in [0.25, 0.3) is 0 Å². The van der Waals surface area contributed by atoms with Crippen LogP contribution in [0.25, 0.3) is 0 Å². The van der Waals surface area contributed by atoms with Gasteiger partial charge in [0.1, 0.15) is 0 Å². The molecule has 1 nitrogen and oxygen atoms in total. The van der Waals surface area contributed by atoms with Crippen molar-refractivity contribution in [2.45, 2.75) is 30.8 Å². The Kier molecular flexibility index (Phi) is 2.77. The average Bonchev–Trinajstić information content (AvgIpc) is 2.82. The number of aliphatic hydroxyl groups excluding tert-OH is 1. The predicted molar refractivity (Wildman–Crippen MR) is 71.2 cm³/mol. The third-order valence-electron chi connectivity index (χ3n) is 3.93. The Bertz CT molecular complexity index is 471. The van der Waals surface area contributed by atoms with E-state index in [0.29, 0.717) is 0 Å². The van der Waals surface area contributed by atoms with Crippen molar-refractivity contribution in [2.75, 3.05) is 0 Å². The zero-order valence-electron chi connectivity index (χ0n) is 9.67. The fraction of sp³-hybridized carbons (Fsp3) is 0.333. The molecule has 1 N–H and O–H groups in total. The van der Waals surface area contributed by atoms with Gasteiger partial charge in [0, 0.05) is 10.3 Å². The lowest BCUT2D eigenvalue weighted by molar-refractivity contribution is 0.0294. The van der Waals surface area contributed by atoms with Crippen LogP contribution in [0, 0.1) is 0 Å². The van der Waals surface area contributed by atoms with Gasteiger partial charge in [-0.3, -0.25) is 0 Å². The van der Waals surface area contributed by atoms with Gasteiger partial charge in [-0.25, -0.2) is 0 Å².